The third kappa shape index (κ3) is 5.00. The molecule has 33 heavy (non-hydrogen) atoms. The van der Waals surface area contributed by atoms with Crippen LogP contribution in [0.3, 0.4) is 0 Å². The Hall–Kier alpha value is -3.00. The molecule has 1 unspecified atom stereocenters. The molecule has 0 radical (unpaired) electrons. The van der Waals surface area contributed by atoms with Crippen LogP contribution in [0, 0.1) is 6.92 Å². The molecule has 3 heterocycles. The normalized spacial score (nSPS) is 17.9. The number of carbonyl (C=O) groups excluding carboxylic acids is 1. The molecular weight excluding hydrogens is 416 g/mol. The number of hydrogen-bond donors (Lipinski definition) is 3. The summed E-state index contributed by atoms with van der Waals surface area (Å²) in [5.74, 6) is 0.619. The second-order valence-electron chi connectivity index (χ2n) is 9.07. The third-order valence-corrected chi connectivity index (χ3v) is 6.55. The smallest absolute Gasteiger partial charge is 0.262 e. The maximum absolute atomic E-state index is 11.4. The largest absolute Gasteiger partial charge is 0.482 e. The number of amides is 1. The molecule has 0 saturated carbocycles. The van der Waals surface area contributed by atoms with Crippen molar-refractivity contribution in [2.75, 3.05) is 31.6 Å². The van der Waals surface area contributed by atoms with E-state index in [-0.39, 0.29) is 12.5 Å². The number of rotatable bonds is 6. The van der Waals surface area contributed by atoms with Crippen molar-refractivity contribution in [3.8, 4) is 5.75 Å². The number of aromatic nitrogens is 1. The van der Waals surface area contributed by atoms with Crippen LogP contribution in [0.4, 0.5) is 5.69 Å². The van der Waals surface area contributed by atoms with Crippen LogP contribution < -0.4 is 15.4 Å². The quantitative estimate of drug-likeness (QED) is 0.539. The van der Waals surface area contributed by atoms with Crippen LogP contribution in [0.15, 0.2) is 48.7 Å². The number of anilines is 1. The van der Waals surface area contributed by atoms with Gasteiger partial charge in [0.1, 0.15) is 5.75 Å². The number of piperidine rings is 1. The molecule has 1 amide bonds. The van der Waals surface area contributed by atoms with E-state index >= 15 is 0 Å². The Morgan fingerprint density at radius 3 is 2.94 bits per heavy atom. The van der Waals surface area contributed by atoms with E-state index in [4.69, 9.17) is 4.74 Å². The molecule has 7 heteroatoms. The summed E-state index contributed by atoms with van der Waals surface area (Å²) in [5.41, 5.74) is 4.86. The summed E-state index contributed by atoms with van der Waals surface area (Å²) in [7, 11) is 0. The highest BCUT2D eigenvalue weighted by atomic mass is 16.5. The lowest BCUT2D eigenvalue weighted by atomic mass is 10.00. The van der Waals surface area contributed by atoms with Crippen molar-refractivity contribution in [1.29, 1.82) is 0 Å². The van der Waals surface area contributed by atoms with E-state index < -0.39 is 6.10 Å². The summed E-state index contributed by atoms with van der Waals surface area (Å²) >= 11 is 0. The number of aliphatic hydroxyl groups excluding tert-OH is 1. The lowest BCUT2D eigenvalue weighted by Gasteiger charge is -2.34. The zero-order valence-electron chi connectivity index (χ0n) is 18.9. The first kappa shape index (κ1) is 21.8. The lowest BCUT2D eigenvalue weighted by molar-refractivity contribution is -0.118. The van der Waals surface area contributed by atoms with Gasteiger partial charge in [0.25, 0.3) is 5.91 Å². The van der Waals surface area contributed by atoms with Crippen molar-refractivity contribution in [2.45, 2.75) is 38.5 Å². The van der Waals surface area contributed by atoms with Crippen LogP contribution in [0.1, 0.15) is 35.6 Å². The summed E-state index contributed by atoms with van der Waals surface area (Å²) in [6.45, 7) is 5.41. The number of ether oxygens (including phenoxy) is 1. The molecule has 2 aromatic carbocycles. The fraction of sp³-hybridized carbons (Fsp3) is 0.385. The van der Waals surface area contributed by atoms with Gasteiger partial charge in [-0.25, -0.2) is 0 Å². The first-order valence-electron chi connectivity index (χ1n) is 11.6. The summed E-state index contributed by atoms with van der Waals surface area (Å²) < 4.78 is 5.51. The van der Waals surface area contributed by atoms with Crippen molar-refractivity contribution in [3.63, 3.8) is 0 Å². The molecule has 7 nitrogen and oxygen atoms in total. The van der Waals surface area contributed by atoms with Crippen LogP contribution in [0.2, 0.25) is 0 Å². The van der Waals surface area contributed by atoms with Gasteiger partial charge in [0.15, 0.2) is 6.61 Å². The summed E-state index contributed by atoms with van der Waals surface area (Å²) in [6, 6.07) is 14.4. The Bertz CT molecular complexity index is 1160. The van der Waals surface area contributed by atoms with Crippen LogP contribution in [0.5, 0.6) is 5.75 Å². The molecule has 0 bridgehead atoms. The SMILES string of the molecule is Cc1cnc2cccc(C(O)CN3CCC(NCc4ccc5c(c4)OCC(=O)N5)CC3)c2c1. The van der Waals surface area contributed by atoms with E-state index in [0.717, 1.165) is 71.5 Å². The molecule has 172 valence electrons. The topological polar surface area (TPSA) is 86.7 Å². The minimum atomic E-state index is -0.530. The van der Waals surface area contributed by atoms with Gasteiger partial charge in [-0.15, -0.1) is 0 Å². The van der Waals surface area contributed by atoms with E-state index in [0.29, 0.717) is 12.6 Å². The van der Waals surface area contributed by atoms with Gasteiger partial charge in [-0.3, -0.25) is 9.78 Å². The van der Waals surface area contributed by atoms with Gasteiger partial charge in [0.05, 0.1) is 17.3 Å². The summed E-state index contributed by atoms with van der Waals surface area (Å²) in [6.07, 6.45) is 3.42. The standard InChI is InChI=1S/C26H30N4O3/c1-17-11-21-20(3-2-4-22(21)28-13-17)24(31)15-30-9-7-19(8-10-30)27-14-18-5-6-23-25(12-18)33-16-26(32)29-23/h2-6,11-13,19,24,27,31H,7-10,14-16H2,1H3,(H,29,32). The first-order valence-corrected chi connectivity index (χ1v) is 11.6. The Morgan fingerprint density at radius 2 is 2.09 bits per heavy atom. The Balaban J connectivity index is 1.13. The van der Waals surface area contributed by atoms with Crippen LogP contribution in [-0.2, 0) is 11.3 Å². The van der Waals surface area contributed by atoms with Gasteiger partial charge in [0.2, 0.25) is 0 Å². The number of pyridine rings is 1. The second kappa shape index (κ2) is 9.47. The molecule has 2 aliphatic rings. The van der Waals surface area contributed by atoms with Gasteiger partial charge >= 0.3 is 0 Å². The van der Waals surface area contributed by atoms with Crippen LogP contribution in [-0.4, -0.2) is 53.2 Å². The Kier molecular flexibility index (Phi) is 6.26. The zero-order valence-corrected chi connectivity index (χ0v) is 18.9. The average molecular weight is 447 g/mol. The minimum Gasteiger partial charge on any atom is -0.482 e. The number of nitrogens with one attached hydrogen (secondary N) is 2. The second-order valence-corrected chi connectivity index (χ2v) is 9.07. The van der Waals surface area contributed by atoms with E-state index in [1.165, 1.54) is 0 Å². The zero-order chi connectivity index (χ0) is 22.8. The fourth-order valence-electron chi connectivity index (χ4n) is 4.72. The number of aliphatic hydroxyl groups is 1. The number of fused-ring (bicyclic) bond motifs is 2. The Morgan fingerprint density at radius 1 is 1.24 bits per heavy atom. The van der Waals surface area contributed by atoms with Crippen molar-refractivity contribution >= 4 is 22.5 Å². The highest BCUT2D eigenvalue weighted by molar-refractivity contribution is 5.95. The van der Waals surface area contributed by atoms with Gasteiger partial charge in [0, 0.05) is 30.7 Å². The predicted molar refractivity (Wildman–Crippen MR) is 128 cm³/mol. The van der Waals surface area contributed by atoms with E-state index in [2.05, 4.69) is 26.6 Å². The summed E-state index contributed by atoms with van der Waals surface area (Å²) in [5, 5.41) is 18.5. The molecule has 1 fully saturated rings. The van der Waals surface area contributed by atoms with Crippen molar-refractivity contribution in [2.24, 2.45) is 0 Å². The van der Waals surface area contributed by atoms with Crippen molar-refractivity contribution in [3.05, 3.63) is 65.4 Å². The lowest BCUT2D eigenvalue weighted by Crippen LogP contribution is -2.43. The highest BCUT2D eigenvalue weighted by Crippen LogP contribution is 2.29. The maximum Gasteiger partial charge on any atom is 0.262 e. The van der Waals surface area contributed by atoms with Crippen LogP contribution >= 0.6 is 0 Å². The van der Waals surface area contributed by atoms with Crippen LogP contribution in [0.25, 0.3) is 10.9 Å². The molecule has 1 atom stereocenters. The van der Waals surface area contributed by atoms with E-state index in [1.54, 1.807) is 0 Å². The molecule has 0 spiro atoms. The minimum absolute atomic E-state index is 0.0725. The number of carbonyl (C=O) groups is 1. The van der Waals surface area contributed by atoms with Crippen molar-refractivity contribution < 1.29 is 14.6 Å². The number of aryl methyl sites for hydroxylation is 1. The monoisotopic (exact) mass is 446 g/mol. The fourth-order valence-corrected chi connectivity index (χ4v) is 4.72. The van der Waals surface area contributed by atoms with Gasteiger partial charge in [-0.2, -0.15) is 0 Å². The van der Waals surface area contributed by atoms with E-state index in [1.807, 2.05) is 49.5 Å². The average Bonchev–Trinajstić information content (AvgIpc) is 2.83. The predicted octanol–water partition coefficient (Wildman–Crippen LogP) is 3.16. The number of nitrogens with zero attached hydrogens (tertiary/aromatic N) is 2. The summed E-state index contributed by atoms with van der Waals surface area (Å²) in [4.78, 5) is 18.3. The molecule has 0 aliphatic carbocycles. The third-order valence-electron chi connectivity index (χ3n) is 6.55. The van der Waals surface area contributed by atoms with E-state index in [9.17, 15) is 9.90 Å². The molecule has 1 saturated heterocycles. The van der Waals surface area contributed by atoms with Gasteiger partial charge in [-0.1, -0.05) is 18.2 Å². The molecule has 2 aliphatic heterocycles. The molecular formula is C26H30N4O3. The number of hydrogen-bond acceptors (Lipinski definition) is 6. The maximum atomic E-state index is 11.4. The Labute approximate surface area is 193 Å². The number of likely N-dealkylation sites (tertiary alicyclic amines) is 1. The van der Waals surface area contributed by atoms with Gasteiger partial charge in [-0.05, 0) is 73.8 Å². The first-order chi connectivity index (χ1) is 16.0. The number of benzene rings is 2. The van der Waals surface area contributed by atoms with Crippen molar-refractivity contribution in [1.82, 2.24) is 15.2 Å². The molecule has 3 N–H and O–H groups in total. The molecule has 1 aromatic heterocycles. The molecule has 5 rings (SSSR count). The highest BCUT2D eigenvalue weighted by Gasteiger charge is 2.23. The molecule has 3 aromatic rings. The number of β-amino-alcohol motifs (C(OH)–C–C–N with tert-alkyl or cyclic N) is 1. The van der Waals surface area contributed by atoms with Gasteiger partial charge < -0.3 is 25.4 Å².